The molecule has 0 aliphatic carbocycles. The van der Waals surface area contributed by atoms with E-state index in [0.29, 0.717) is 5.82 Å². The fraction of sp³-hybridized carbons (Fsp3) is 0. The number of fused-ring (bicyclic) bond motifs is 8. The predicted octanol–water partition coefficient (Wildman–Crippen LogP) is 14.8. The van der Waals surface area contributed by atoms with E-state index >= 15 is 0 Å². The maximum absolute atomic E-state index is 6.71. The maximum Gasteiger partial charge on any atom is 0.160 e. The van der Waals surface area contributed by atoms with Gasteiger partial charge in [-0.3, -0.25) is 0 Å². The molecule has 0 radical (unpaired) electrons. The maximum atomic E-state index is 6.71. The van der Waals surface area contributed by atoms with Gasteiger partial charge in [-0.25, -0.2) is 15.0 Å². The molecule has 0 N–H and O–H groups in total. The Hall–Kier alpha value is -8.15. The van der Waals surface area contributed by atoms with Gasteiger partial charge in [-0.2, -0.15) is 0 Å². The quantitative estimate of drug-likeness (QED) is 0.169. The Kier molecular flexibility index (Phi) is 7.78. The second kappa shape index (κ2) is 13.8. The number of aromatic nitrogens is 3. The minimum atomic E-state index is 0.650. The topological polar surface area (TPSA) is 65.0 Å². The molecule has 0 fully saturated rings. The molecule has 0 atom stereocenters. The Morgan fingerprint density at radius 1 is 0.317 bits per heavy atom. The van der Waals surface area contributed by atoms with Crippen LogP contribution in [0.2, 0.25) is 0 Å². The van der Waals surface area contributed by atoms with Crippen LogP contribution in [0, 0.1) is 0 Å². The summed E-state index contributed by atoms with van der Waals surface area (Å²) in [6.45, 7) is 0. The highest BCUT2D eigenvalue weighted by Crippen LogP contribution is 2.44. The first kappa shape index (κ1) is 33.9. The molecule has 0 aliphatic heterocycles. The van der Waals surface area contributed by atoms with Crippen LogP contribution in [-0.2, 0) is 0 Å². The van der Waals surface area contributed by atoms with Gasteiger partial charge in [0.1, 0.15) is 22.3 Å². The highest BCUT2D eigenvalue weighted by molar-refractivity contribution is 6.21. The summed E-state index contributed by atoms with van der Waals surface area (Å²) < 4.78 is 13.2. The van der Waals surface area contributed by atoms with Crippen molar-refractivity contribution in [3.63, 3.8) is 0 Å². The summed E-state index contributed by atoms with van der Waals surface area (Å²) in [5, 5.41) is 5.12. The fourth-order valence-electron chi connectivity index (χ4n) is 8.59. The third kappa shape index (κ3) is 5.59. The van der Waals surface area contributed by atoms with E-state index in [4.69, 9.17) is 23.8 Å². The van der Waals surface area contributed by atoms with Gasteiger partial charge < -0.3 is 8.83 Å². The van der Waals surface area contributed by atoms with Crippen LogP contribution in [0.5, 0.6) is 0 Å². The van der Waals surface area contributed by atoms with Gasteiger partial charge in [-0.1, -0.05) is 176 Å². The summed E-state index contributed by atoms with van der Waals surface area (Å²) in [5.74, 6) is 0.650. The Morgan fingerprint density at radius 2 is 0.817 bits per heavy atom. The van der Waals surface area contributed by atoms with Crippen LogP contribution in [0.15, 0.2) is 209 Å². The van der Waals surface area contributed by atoms with Crippen molar-refractivity contribution in [3.8, 4) is 67.4 Å². The zero-order valence-electron chi connectivity index (χ0n) is 32.2. The van der Waals surface area contributed by atoms with E-state index in [2.05, 4.69) is 152 Å². The zero-order valence-corrected chi connectivity index (χ0v) is 32.2. The molecule has 4 aromatic heterocycles. The van der Waals surface area contributed by atoms with Gasteiger partial charge >= 0.3 is 0 Å². The monoisotopic (exact) mass is 767 g/mol. The van der Waals surface area contributed by atoms with Crippen molar-refractivity contribution in [2.45, 2.75) is 0 Å². The van der Waals surface area contributed by atoms with Crippen molar-refractivity contribution in [1.82, 2.24) is 15.0 Å². The highest BCUT2D eigenvalue weighted by atomic mass is 16.3. The zero-order chi connectivity index (χ0) is 39.6. The van der Waals surface area contributed by atoms with Crippen LogP contribution in [0.25, 0.3) is 122 Å². The first-order valence-corrected chi connectivity index (χ1v) is 20.1. The Balaban J connectivity index is 1.01. The normalized spacial score (nSPS) is 11.7. The molecule has 0 spiro atoms. The van der Waals surface area contributed by atoms with Crippen LogP contribution in [0.3, 0.4) is 0 Å². The van der Waals surface area contributed by atoms with Crippen molar-refractivity contribution in [1.29, 1.82) is 0 Å². The van der Waals surface area contributed by atoms with Gasteiger partial charge in [-0.15, -0.1) is 0 Å². The van der Waals surface area contributed by atoms with Crippen LogP contribution in [-0.4, -0.2) is 15.0 Å². The van der Waals surface area contributed by atoms with E-state index < -0.39 is 0 Å². The van der Waals surface area contributed by atoms with E-state index in [-0.39, 0.29) is 0 Å². The first-order chi connectivity index (χ1) is 29.7. The predicted molar refractivity (Wildman–Crippen MR) is 245 cm³/mol. The number of nitrogens with zero attached hydrogens (tertiary/aromatic N) is 3. The molecule has 12 rings (SSSR count). The number of furan rings is 2. The SMILES string of the molecule is c1ccc(-c2ccc(-c3cc(-c4ccccc4)nc(-c4ccc(-c5nc6c(-c7cccc8c7oc7ccccc78)cccc6c6oc7ccccc7c56)cc4)n3)cc2)cc1. The molecular formula is C55H33N3O2. The molecule has 5 heteroatoms. The molecule has 0 aliphatic rings. The lowest BCUT2D eigenvalue weighted by Crippen LogP contribution is -1.96. The minimum absolute atomic E-state index is 0.650. The molecule has 60 heavy (non-hydrogen) atoms. The minimum Gasteiger partial charge on any atom is -0.455 e. The molecule has 0 amide bonds. The standard InChI is InChI=1S/C55H33N3O2/c1-3-13-34(14-4-1)35-25-27-37(28-26-35)47-33-46(36-15-5-2-6-16-36)56-55(57-47)39-31-29-38(30-32-39)51-50-44-18-8-10-24-49(44)60-54(50)45-22-11-19-41(52(45)58-51)43-21-12-20-42-40-17-7-9-23-48(40)59-53(42)43/h1-33H. The smallest absolute Gasteiger partial charge is 0.160 e. The van der Waals surface area contributed by atoms with Crippen LogP contribution in [0.4, 0.5) is 0 Å². The van der Waals surface area contributed by atoms with Crippen LogP contribution in [0.1, 0.15) is 0 Å². The van der Waals surface area contributed by atoms with Crippen molar-refractivity contribution in [3.05, 3.63) is 200 Å². The summed E-state index contributed by atoms with van der Waals surface area (Å²) >= 11 is 0. The average molecular weight is 768 g/mol. The van der Waals surface area contributed by atoms with Crippen molar-refractivity contribution in [2.75, 3.05) is 0 Å². The van der Waals surface area contributed by atoms with Crippen molar-refractivity contribution >= 4 is 54.8 Å². The molecule has 280 valence electrons. The number of hydrogen-bond acceptors (Lipinski definition) is 5. The molecule has 0 saturated carbocycles. The lowest BCUT2D eigenvalue weighted by atomic mass is 9.96. The van der Waals surface area contributed by atoms with E-state index in [9.17, 15) is 0 Å². The molecular weight excluding hydrogens is 735 g/mol. The van der Waals surface area contributed by atoms with Gasteiger partial charge in [0.15, 0.2) is 5.82 Å². The Bertz CT molecular complexity index is 3570. The average Bonchev–Trinajstić information content (AvgIpc) is 3.91. The van der Waals surface area contributed by atoms with E-state index in [1.165, 1.54) is 5.56 Å². The van der Waals surface area contributed by atoms with E-state index in [1.54, 1.807) is 0 Å². The second-order valence-electron chi connectivity index (χ2n) is 15.1. The molecule has 0 unspecified atom stereocenters. The summed E-state index contributed by atoms with van der Waals surface area (Å²) in [7, 11) is 0. The largest absolute Gasteiger partial charge is 0.455 e. The molecule has 5 nitrogen and oxygen atoms in total. The lowest BCUT2D eigenvalue weighted by molar-refractivity contribution is 0.670. The molecule has 8 aromatic carbocycles. The molecule has 0 saturated heterocycles. The van der Waals surface area contributed by atoms with Crippen molar-refractivity contribution < 1.29 is 8.83 Å². The first-order valence-electron chi connectivity index (χ1n) is 20.1. The third-order valence-electron chi connectivity index (χ3n) is 11.5. The van der Waals surface area contributed by atoms with Gasteiger partial charge in [0.25, 0.3) is 0 Å². The number of pyridine rings is 1. The second-order valence-corrected chi connectivity index (χ2v) is 15.1. The molecule has 4 heterocycles. The van der Waals surface area contributed by atoms with E-state index in [1.807, 2.05) is 48.5 Å². The number of rotatable bonds is 6. The Morgan fingerprint density at radius 3 is 1.55 bits per heavy atom. The fourth-order valence-corrected chi connectivity index (χ4v) is 8.59. The molecule has 0 bridgehead atoms. The third-order valence-corrected chi connectivity index (χ3v) is 11.5. The number of para-hydroxylation sites is 4. The van der Waals surface area contributed by atoms with Crippen molar-refractivity contribution in [2.24, 2.45) is 0 Å². The summed E-state index contributed by atoms with van der Waals surface area (Å²) in [6.07, 6.45) is 0. The number of hydrogen-bond donors (Lipinski definition) is 0. The highest BCUT2D eigenvalue weighted by Gasteiger charge is 2.22. The van der Waals surface area contributed by atoms with Gasteiger partial charge in [0.2, 0.25) is 0 Å². The summed E-state index contributed by atoms with van der Waals surface area (Å²) in [5.41, 5.74) is 15.0. The van der Waals surface area contributed by atoms with Crippen LogP contribution < -0.4 is 0 Å². The lowest BCUT2D eigenvalue weighted by Gasteiger charge is -2.12. The molecule has 12 aromatic rings. The van der Waals surface area contributed by atoms with Gasteiger partial charge in [0, 0.05) is 54.9 Å². The van der Waals surface area contributed by atoms with Gasteiger partial charge in [-0.05, 0) is 35.4 Å². The van der Waals surface area contributed by atoms with Gasteiger partial charge in [0.05, 0.1) is 28.0 Å². The number of benzene rings is 8. The Labute approximate surface area is 344 Å². The van der Waals surface area contributed by atoms with E-state index in [0.717, 1.165) is 111 Å². The van der Waals surface area contributed by atoms with Crippen LogP contribution >= 0.6 is 0 Å². The summed E-state index contributed by atoms with van der Waals surface area (Å²) in [4.78, 5) is 15.8. The summed E-state index contributed by atoms with van der Waals surface area (Å²) in [6, 6.07) is 68.9.